The lowest BCUT2D eigenvalue weighted by molar-refractivity contribution is 0.0167. The molecule has 1 aromatic carbocycles. The van der Waals surface area contributed by atoms with Crippen molar-refractivity contribution in [2.24, 2.45) is 0 Å². The molecule has 1 unspecified atom stereocenters. The van der Waals surface area contributed by atoms with Crippen LogP contribution in [0.5, 0.6) is 0 Å². The molecule has 1 aliphatic rings. The molecular formula is C15H20N4O. The molecule has 3 rings (SSSR count). The lowest BCUT2D eigenvalue weighted by atomic mass is 10.1. The number of benzene rings is 1. The van der Waals surface area contributed by atoms with E-state index in [1.165, 1.54) is 12.8 Å². The Bertz CT molecular complexity index is 520. The highest BCUT2D eigenvalue weighted by Crippen LogP contribution is 2.11. The van der Waals surface area contributed by atoms with Gasteiger partial charge in [0.1, 0.15) is 0 Å². The van der Waals surface area contributed by atoms with Gasteiger partial charge in [0.05, 0.1) is 23.7 Å². The van der Waals surface area contributed by atoms with Gasteiger partial charge in [-0.05, 0) is 31.4 Å². The fourth-order valence-corrected chi connectivity index (χ4v) is 2.39. The van der Waals surface area contributed by atoms with Crippen LogP contribution in [0.4, 0.5) is 0 Å². The minimum absolute atomic E-state index is 0.355. The molecule has 1 fully saturated rings. The molecule has 1 atom stereocenters. The summed E-state index contributed by atoms with van der Waals surface area (Å²) in [5.41, 5.74) is 1.93. The van der Waals surface area contributed by atoms with E-state index in [9.17, 15) is 0 Å². The summed E-state index contributed by atoms with van der Waals surface area (Å²) in [5, 5.41) is 12.1. The maximum Gasteiger partial charge on any atom is 0.0969 e. The Kier molecular flexibility index (Phi) is 4.40. The van der Waals surface area contributed by atoms with Gasteiger partial charge in [-0.15, -0.1) is 0 Å². The molecule has 0 radical (unpaired) electrons. The van der Waals surface area contributed by atoms with Crippen molar-refractivity contribution in [2.75, 3.05) is 13.2 Å². The summed E-state index contributed by atoms with van der Waals surface area (Å²) in [6, 6.07) is 9.94. The van der Waals surface area contributed by atoms with Crippen LogP contribution < -0.4 is 5.32 Å². The van der Waals surface area contributed by atoms with Gasteiger partial charge >= 0.3 is 0 Å². The zero-order valence-corrected chi connectivity index (χ0v) is 11.5. The van der Waals surface area contributed by atoms with Crippen LogP contribution in [-0.2, 0) is 11.3 Å². The molecule has 2 heterocycles. The maximum absolute atomic E-state index is 5.69. The first-order valence-electron chi connectivity index (χ1n) is 7.21. The quantitative estimate of drug-likeness (QED) is 0.903. The van der Waals surface area contributed by atoms with Crippen molar-refractivity contribution in [1.82, 2.24) is 20.3 Å². The Hall–Kier alpha value is -1.72. The zero-order valence-electron chi connectivity index (χ0n) is 11.5. The van der Waals surface area contributed by atoms with E-state index in [1.54, 1.807) is 4.80 Å². The molecule has 2 aromatic rings. The lowest BCUT2D eigenvalue weighted by Gasteiger charge is -2.22. The van der Waals surface area contributed by atoms with Crippen molar-refractivity contribution in [3.8, 4) is 5.69 Å². The predicted octanol–water partition coefficient (Wildman–Crippen LogP) is 1.93. The Morgan fingerprint density at radius 3 is 2.95 bits per heavy atom. The number of hydrogen-bond acceptors (Lipinski definition) is 4. The molecule has 5 heteroatoms. The molecule has 0 spiro atoms. The van der Waals surface area contributed by atoms with Crippen LogP contribution >= 0.6 is 0 Å². The second-order valence-electron chi connectivity index (χ2n) is 5.08. The van der Waals surface area contributed by atoms with E-state index < -0.39 is 0 Å². The maximum atomic E-state index is 5.69. The molecule has 0 aliphatic carbocycles. The molecule has 20 heavy (non-hydrogen) atoms. The second kappa shape index (κ2) is 6.63. The van der Waals surface area contributed by atoms with E-state index in [0.717, 1.165) is 37.5 Å². The summed E-state index contributed by atoms with van der Waals surface area (Å²) in [6.07, 6.45) is 5.79. The Labute approximate surface area is 118 Å². The third kappa shape index (κ3) is 3.43. The van der Waals surface area contributed by atoms with Gasteiger partial charge in [0.2, 0.25) is 0 Å². The fourth-order valence-electron chi connectivity index (χ4n) is 2.39. The molecular weight excluding hydrogens is 252 g/mol. The standard InChI is InChI=1S/C15H20N4O/c1-2-6-14(7-3-1)19-17-11-13(18-19)10-16-12-15-8-4-5-9-20-15/h1-3,6-7,11,15-16H,4-5,8-10,12H2. The van der Waals surface area contributed by atoms with Crippen LogP contribution in [0.1, 0.15) is 25.0 Å². The third-order valence-corrected chi connectivity index (χ3v) is 3.48. The first-order chi connectivity index (χ1) is 9.92. The van der Waals surface area contributed by atoms with Crippen LogP contribution in [-0.4, -0.2) is 34.2 Å². The van der Waals surface area contributed by atoms with Crippen LogP contribution in [0.15, 0.2) is 36.5 Å². The highest BCUT2D eigenvalue weighted by Gasteiger charge is 2.13. The van der Waals surface area contributed by atoms with Crippen LogP contribution in [0.25, 0.3) is 5.69 Å². The summed E-state index contributed by atoms with van der Waals surface area (Å²) < 4.78 is 5.69. The highest BCUT2D eigenvalue weighted by atomic mass is 16.5. The average Bonchev–Trinajstić information content (AvgIpc) is 2.98. The number of hydrogen-bond donors (Lipinski definition) is 1. The van der Waals surface area contributed by atoms with E-state index in [-0.39, 0.29) is 0 Å². The smallest absolute Gasteiger partial charge is 0.0969 e. The zero-order chi connectivity index (χ0) is 13.6. The molecule has 0 amide bonds. The molecule has 0 saturated carbocycles. The molecule has 1 aliphatic heterocycles. The van der Waals surface area contributed by atoms with Crippen LogP contribution in [0.3, 0.4) is 0 Å². The van der Waals surface area contributed by atoms with Gasteiger partial charge in [-0.1, -0.05) is 18.2 Å². The molecule has 106 valence electrons. The van der Waals surface area contributed by atoms with Gasteiger partial charge in [0.25, 0.3) is 0 Å². The van der Waals surface area contributed by atoms with Crippen molar-refractivity contribution in [3.05, 3.63) is 42.2 Å². The van der Waals surface area contributed by atoms with Crippen LogP contribution in [0.2, 0.25) is 0 Å². The number of nitrogens with zero attached hydrogens (tertiary/aromatic N) is 3. The van der Waals surface area contributed by atoms with E-state index in [1.807, 2.05) is 36.5 Å². The molecule has 1 saturated heterocycles. The highest BCUT2D eigenvalue weighted by molar-refractivity contribution is 5.28. The normalized spacial score (nSPS) is 19.1. The summed E-state index contributed by atoms with van der Waals surface area (Å²) in [5.74, 6) is 0. The molecule has 1 aromatic heterocycles. The number of rotatable bonds is 5. The van der Waals surface area contributed by atoms with E-state index in [4.69, 9.17) is 4.74 Å². The van der Waals surface area contributed by atoms with Crippen LogP contribution in [0, 0.1) is 0 Å². The van der Waals surface area contributed by atoms with Gasteiger partial charge in [-0.3, -0.25) is 0 Å². The Morgan fingerprint density at radius 1 is 1.25 bits per heavy atom. The van der Waals surface area contributed by atoms with E-state index >= 15 is 0 Å². The first-order valence-corrected chi connectivity index (χ1v) is 7.21. The van der Waals surface area contributed by atoms with Gasteiger partial charge in [0.15, 0.2) is 0 Å². The minimum atomic E-state index is 0.355. The van der Waals surface area contributed by atoms with Gasteiger partial charge in [0, 0.05) is 19.7 Å². The lowest BCUT2D eigenvalue weighted by Crippen LogP contribution is -2.31. The molecule has 5 nitrogen and oxygen atoms in total. The van der Waals surface area contributed by atoms with E-state index in [2.05, 4.69) is 15.5 Å². The third-order valence-electron chi connectivity index (χ3n) is 3.48. The van der Waals surface area contributed by atoms with Crippen molar-refractivity contribution < 1.29 is 4.74 Å². The first kappa shape index (κ1) is 13.3. The summed E-state index contributed by atoms with van der Waals surface area (Å²) >= 11 is 0. The number of aromatic nitrogens is 3. The molecule has 0 bridgehead atoms. The molecule has 1 N–H and O–H groups in total. The number of para-hydroxylation sites is 1. The predicted molar refractivity (Wildman–Crippen MR) is 76.7 cm³/mol. The largest absolute Gasteiger partial charge is 0.377 e. The number of ether oxygens (including phenoxy) is 1. The second-order valence-corrected chi connectivity index (χ2v) is 5.08. The fraction of sp³-hybridized carbons (Fsp3) is 0.467. The topological polar surface area (TPSA) is 52.0 Å². The van der Waals surface area contributed by atoms with Crippen molar-refractivity contribution in [2.45, 2.75) is 31.9 Å². The summed E-state index contributed by atoms with van der Waals surface area (Å²) in [4.78, 5) is 1.66. The average molecular weight is 272 g/mol. The Morgan fingerprint density at radius 2 is 2.15 bits per heavy atom. The number of nitrogens with one attached hydrogen (secondary N) is 1. The van der Waals surface area contributed by atoms with E-state index in [0.29, 0.717) is 6.10 Å². The SMILES string of the molecule is c1ccc(-n2ncc(CNCC3CCCCO3)n2)cc1. The summed E-state index contributed by atoms with van der Waals surface area (Å²) in [6.45, 7) is 2.52. The minimum Gasteiger partial charge on any atom is -0.377 e. The van der Waals surface area contributed by atoms with Gasteiger partial charge in [-0.25, -0.2) is 0 Å². The van der Waals surface area contributed by atoms with Crippen molar-refractivity contribution in [1.29, 1.82) is 0 Å². The Balaban J connectivity index is 1.50. The van der Waals surface area contributed by atoms with Crippen molar-refractivity contribution in [3.63, 3.8) is 0 Å². The van der Waals surface area contributed by atoms with Gasteiger partial charge in [-0.2, -0.15) is 15.0 Å². The monoisotopic (exact) mass is 272 g/mol. The summed E-state index contributed by atoms with van der Waals surface area (Å²) in [7, 11) is 0. The van der Waals surface area contributed by atoms with Crippen molar-refractivity contribution >= 4 is 0 Å². The van der Waals surface area contributed by atoms with Gasteiger partial charge < -0.3 is 10.1 Å².